The van der Waals surface area contributed by atoms with Crippen LogP contribution in [0, 0.1) is 6.92 Å². The number of nitrogens with zero attached hydrogens (tertiary/aromatic N) is 2. The Hall–Kier alpha value is -1.32. The van der Waals surface area contributed by atoms with E-state index in [0.717, 1.165) is 18.5 Å². The second kappa shape index (κ2) is 5.84. The van der Waals surface area contributed by atoms with Gasteiger partial charge in [0.15, 0.2) is 0 Å². The van der Waals surface area contributed by atoms with Crippen LogP contribution in [0.15, 0.2) is 6.07 Å². The van der Waals surface area contributed by atoms with Gasteiger partial charge in [0.25, 0.3) is 0 Å². The van der Waals surface area contributed by atoms with Crippen LogP contribution in [-0.4, -0.2) is 22.1 Å². The van der Waals surface area contributed by atoms with Crippen molar-refractivity contribution in [2.24, 2.45) is 0 Å². The normalized spacial score (nSPS) is 11.4. The number of aromatic nitrogens is 2. The molecule has 0 amide bonds. The van der Waals surface area contributed by atoms with Crippen LogP contribution < -0.4 is 10.1 Å². The van der Waals surface area contributed by atoms with E-state index in [4.69, 9.17) is 4.74 Å². The number of hydrogen-bond donors (Lipinski definition) is 1. The lowest BCUT2D eigenvalue weighted by atomic mass is 9.96. The van der Waals surface area contributed by atoms with Crippen molar-refractivity contribution < 1.29 is 4.74 Å². The Labute approximate surface area is 104 Å². The Morgan fingerprint density at radius 3 is 2.41 bits per heavy atom. The minimum Gasteiger partial charge on any atom is -0.478 e. The quantitative estimate of drug-likeness (QED) is 0.825. The number of nitrogens with one attached hydrogen (secondary N) is 1. The lowest BCUT2D eigenvalue weighted by Gasteiger charge is -2.28. The zero-order valence-electron chi connectivity index (χ0n) is 11.5. The first-order chi connectivity index (χ1) is 8.03. The van der Waals surface area contributed by atoms with Crippen LogP contribution >= 0.6 is 0 Å². The van der Waals surface area contributed by atoms with Crippen LogP contribution in [0.4, 0.5) is 5.95 Å². The highest BCUT2D eigenvalue weighted by Gasteiger charge is 2.20. The standard InChI is InChI=1S/C13H23N3O/c1-6-13(5,7-2)16-12-14-10(4)9-11(15-12)17-8-3/h9H,6-8H2,1-5H3,(H,14,15,16). The summed E-state index contributed by atoms with van der Waals surface area (Å²) in [6.07, 6.45) is 2.07. The second-order valence-corrected chi connectivity index (χ2v) is 4.50. The summed E-state index contributed by atoms with van der Waals surface area (Å²) in [5.74, 6) is 1.29. The molecule has 0 radical (unpaired) electrons. The smallest absolute Gasteiger partial charge is 0.226 e. The van der Waals surface area contributed by atoms with E-state index in [1.54, 1.807) is 0 Å². The summed E-state index contributed by atoms with van der Waals surface area (Å²) in [4.78, 5) is 8.75. The van der Waals surface area contributed by atoms with E-state index in [2.05, 4.69) is 36.1 Å². The predicted molar refractivity (Wildman–Crippen MR) is 70.5 cm³/mol. The third-order valence-corrected chi connectivity index (χ3v) is 3.10. The first-order valence-electron chi connectivity index (χ1n) is 6.29. The minimum absolute atomic E-state index is 0.0390. The van der Waals surface area contributed by atoms with Crippen LogP contribution in [0.3, 0.4) is 0 Å². The SMILES string of the molecule is CCOc1cc(C)nc(NC(C)(CC)CC)n1. The number of hydrogen-bond acceptors (Lipinski definition) is 4. The second-order valence-electron chi connectivity index (χ2n) is 4.50. The van der Waals surface area contributed by atoms with Gasteiger partial charge in [-0.05, 0) is 33.6 Å². The molecule has 4 nitrogen and oxygen atoms in total. The van der Waals surface area contributed by atoms with Gasteiger partial charge in [-0.2, -0.15) is 4.98 Å². The fraction of sp³-hybridized carbons (Fsp3) is 0.692. The Kier molecular flexibility index (Phi) is 4.73. The van der Waals surface area contributed by atoms with Crippen molar-refractivity contribution in [3.8, 4) is 5.88 Å². The van der Waals surface area contributed by atoms with Crippen molar-refractivity contribution in [3.05, 3.63) is 11.8 Å². The van der Waals surface area contributed by atoms with Crippen molar-refractivity contribution in [1.29, 1.82) is 0 Å². The maximum Gasteiger partial charge on any atom is 0.226 e. The highest BCUT2D eigenvalue weighted by atomic mass is 16.5. The van der Waals surface area contributed by atoms with E-state index in [-0.39, 0.29) is 5.54 Å². The molecule has 0 aliphatic rings. The van der Waals surface area contributed by atoms with Crippen LogP contribution in [0.1, 0.15) is 46.2 Å². The molecule has 0 unspecified atom stereocenters. The highest BCUT2D eigenvalue weighted by Crippen LogP contribution is 2.21. The monoisotopic (exact) mass is 237 g/mol. The Morgan fingerprint density at radius 1 is 1.24 bits per heavy atom. The van der Waals surface area contributed by atoms with Gasteiger partial charge in [0, 0.05) is 17.3 Å². The molecule has 0 spiro atoms. The topological polar surface area (TPSA) is 47.0 Å². The van der Waals surface area contributed by atoms with Crippen LogP contribution in [0.25, 0.3) is 0 Å². The molecule has 1 N–H and O–H groups in total. The zero-order valence-corrected chi connectivity index (χ0v) is 11.5. The Balaban J connectivity index is 2.90. The molecule has 1 aromatic rings. The number of ether oxygens (including phenoxy) is 1. The van der Waals surface area contributed by atoms with Gasteiger partial charge in [-0.15, -0.1) is 0 Å². The first-order valence-corrected chi connectivity index (χ1v) is 6.29. The lowest BCUT2D eigenvalue weighted by molar-refractivity contribution is 0.326. The molecule has 0 atom stereocenters. The molecule has 1 heterocycles. The molecular weight excluding hydrogens is 214 g/mol. The molecule has 0 aromatic carbocycles. The minimum atomic E-state index is 0.0390. The third kappa shape index (κ3) is 3.88. The van der Waals surface area contributed by atoms with E-state index in [1.165, 1.54) is 0 Å². The molecule has 17 heavy (non-hydrogen) atoms. The van der Waals surface area contributed by atoms with Gasteiger partial charge >= 0.3 is 0 Å². The van der Waals surface area contributed by atoms with Gasteiger partial charge in [-0.1, -0.05) is 13.8 Å². The fourth-order valence-corrected chi connectivity index (χ4v) is 1.51. The van der Waals surface area contributed by atoms with Crippen molar-refractivity contribution in [1.82, 2.24) is 9.97 Å². The van der Waals surface area contributed by atoms with Gasteiger partial charge < -0.3 is 10.1 Å². The van der Waals surface area contributed by atoms with Crippen molar-refractivity contribution in [2.75, 3.05) is 11.9 Å². The fourth-order valence-electron chi connectivity index (χ4n) is 1.51. The Morgan fingerprint density at radius 2 is 1.88 bits per heavy atom. The molecule has 0 bridgehead atoms. The molecule has 0 saturated heterocycles. The summed E-state index contributed by atoms with van der Waals surface area (Å²) in [6, 6.07) is 1.85. The van der Waals surface area contributed by atoms with Gasteiger partial charge in [0.2, 0.25) is 11.8 Å². The zero-order chi connectivity index (χ0) is 12.9. The van der Waals surface area contributed by atoms with Gasteiger partial charge in [-0.3, -0.25) is 0 Å². The molecule has 0 aliphatic heterocycles. The summed E-state index contributed by atoms with van der Waals surface area (Å²) < 4.78 is 5.42. The van der Waals surface area contributed by atoms with Crippen LogP contribution in [-0.2, 0) is 0 Å². The summed E-state index contributed by atoms with van der Waals surface area (Å²) in [7, 11) is 0. The molecule has 1 rings (SSSR count). The van der Waals surface area contributed by atoms with Gasteiger partial charge in [0.1, 0.15) is 0 Å². The number of rotatable bonds is 6. The van der Waals surface area contributed by atoms with E-state index in [0.29, 0.717) is 18.4 Å². The Bertz CT molecular complexity index is 362. The summed E-state index contributed by atoms with van der Waals surface area (Å²) in [6.45, 7) is 11.0. The molecule has 4 heteroatoms. The van der Waals surface area contributed by atoms with Gasteiger partial charge in [0.05, 0.1) is 6.61 Å². The lowest BCUT2D eigenvalue weighted by Crippen LogP contribution is -2.33. The molecule has 96 valence electrons. The summed E-state index contributed by atoms with van der Waals surface area (Å²) in [5.41, 5.74) is 0.956. The average molecular weight is 237 g/mol. The van der Waals surface area contributed by atoms with E-state index in [9.17, 15) is 0 Å². The average Bonchev–Trinajstić information content (AvgIpc) is 2.28. The molecule has 1 aromatic heterocycles. The first kappa shape index (κ1) is 13.7. The summed E-state index contributed by atoms with van der Waals surface area (Å²) >= 11 is 0. The van der Waals surface area contributed by atoms with Crippen molar-refractivity contribution in [3.63, 3.8) is 0 Å². The van der Waals surface area contributed by atoms with Crippen molar-refractivity contribution >= 4 is 5.95 Å². The largest absolute Gasteiger partial charge is 0.478 e. The van der Waals surface area contributed by atoms with E-state index < -0.39 is 0 Å². The highest BCUT2D eigenvalue weighted by molar-refractivity contribution is 5.33. The maximum absolute atomic E-state index is 5.42. The number of aryl methyl sites for hydroxylation is 1. The van der Waals surface area contributed by atoms with Gasteiger partial charge in [-0.25, -0.2) is 4.98 Å². The third-order valence-electron chi connectivity index (χ3n) is 3.10. The molecule has 0 saturated carbocycles. The molecular formula is C13H23N3O. The predicted octanol–water partition coefficient (Wildman–Crippen LogP) is 3.17. The summed E-state index contributed by atoms with van der Waals surface area (Å²) in [5, 5.41) is 3.39. The molecule has 0 aliphatic carbocycles. The van der Waals surface area contributed by atoms with Crippen LogP contribution in [0.2, 0.25) is 0 Å². The van der Waals surface area contributed by atoms with E-state index in [1.807, 2.05) is 19.9 Å². The van der Waals surface area contributed by atoms with Crippen LogP contribution in [0.5, 0.6) is 5.88 Å². The maximum atomic E-state index is 5.42. The molecule has 0 fully saturated rings. The van der Waals surface area contributed by atoms with E-state index >= 15 is 0 Å². The van der Waals surface area contributed by atoms with Crippen molar-refractivity contribution in [2.45, 2.75) is 53.0 Å². The number of anilines is 1.